The van der Waals surface area contributed by atoms with Crippen molar-refractivity contribution in [2.24, 2.45) is 0 Å². The molecule has 1 aromatic carbocycles. The number of likely N-dealkylation sites (N-methyl/N-ethyl adjacent to an activating group) is 1. The van der Waals surface area contributed by atoms with Gasteiger partial charge in [0.25, 0.3) is 0 Å². The first-order chi connectivity index (χ1) is 16.5. The van der Waals surface area contributed by atoms with Gasteiger partial charge >= 0.3 is 0 Å². The summed E-state index contributed by atoms with van der Waals surface area (Å²) >= 11 is 0. The van der Waals surface area contributed by atoms with Crippen molar-refractivity contribution in [3.05, 3.63) is 54.0 Å². The molecule has 0 radical (unpaired) electrons. The third kappa shape index (κ3) is 5.48. The maximum atomic E-state index is 4.71. The van der Waals surface area contributed by atoms with E-state index in [1.165, 1.54) is 5.70 Å². The first kappa shape index (κ1) is 23.6. The molecular formula is C25H33N9. The number of piperazine rings is 1. The topological polar surface area (TPSA) is 86.2 Å². The molecule has 3 heterocycles. The molecule has 0 spiro atoms. The minimum absolute atomic E-state index is 0.460. The summed E-state index contributed by atoms with van der Waals surface area (Å²) in [7, 11) is 6.23. The van der Waals surface area contributed by atoms with Gasteiger partial charge in [-0.2, -0.15) is 15.0 Å². The number of hydrogen-bond donors (Lipinski definition) is 1. The fourth-order valence-corrected chi connectivity index (χ4v) is 3.94. The monoisotopic (exact) mass is 459 g/mol. The number of nitrogens with zero attached hydrogens (tertiary/aromatic N) is 8. The zero-order chi connectivity index (χ0) is 24.1. The van der Waals surface area contributed by atoms with Gasteiger partial charge in [-0.05, 0) is 25.6 Å². The fraction of sp³-hybridized carbons (Fsp3) is 0.400. The Bertz CT molecular complexity index is 1130. The van der Waals surface area contributed by atoms with Gasteiger partial charge in [0, 0.05) is 64.2 Å². The first-order valence-electron chi connectivity index (χ1n) is 11.7. The molecule has 0 unspecified atom stereocenters. The number of anilines is 3. The van der Waals surface area contributed by atoms with Crippen molar-refractivity contribution in [1.82, 2.24) is 34.7 Å². The highest BCUT2D eigenvalue weighted by atomic mass is 15.3. The number of hydrogen-bond acceptors (Lipinski definition) is 9. The second-order valence-corrected chi connectivity index (χ2v) is 8.56. The third-order valence-corrected chi connectivity index (χ3v) is 5.88. The van der Waals surface area contributed by atoms with Crippen LogP contribution in [-0.4, -0.2) is 82.0 Å². The van der Waals surface area contributed by atoms with E-state index in [9.17, 15) is 0 Å². The van der Waals surface area contributed by atoms with Crippen molar-refractivity contribution in [2.75, 3.05) is 57.5 Å². The summed E-state index contributed by atoms with van der Waals surface area (Å²) in [6.45, 7) is 7.87. The van der Waals surface area contributed by atoms with E-state index >= 15 is 0 Å². The van der Waals surface area contributed by atoms with Crippen LogP contribution in [0.5, 0.6) is 0 Å². The predicted molar refractivity (Wildman–Crippen MR) is 137 cm³/mol. The van der Waals surface area contributed by atoms with Crippen LogP contribution in [0.25, 0.3) is 17.0 Å². The number of nitrogens with one attached hydrogen (secondary N) is 1. The molecule has 1 fully saturated rings. The van der Waals surface area contributed by atoms with Gasteiger partial charge in [0.05, 0.1) is 5.69 Å². The van der Waals surface area contributed by atoms with Gasteiger partial charge in [0.15, 0.2) is 0 Å². The quantitative estimate of drug-likeness (QED) is 0.572. The minimum atomic E-state index is 0.460. The van der Waals surface area contributed by atoms with Crippen LogP contribution in [0.4, 0.5) is 17.8 Å². The molecule has 1 N–H and O–H groups in total. The van der Waals surface area contributed by atoms with Crippen molar-refractivity contribution in [3.8, 4) is 11.3 Å². The second kappa shape index (κ2) is 10.6. The van der Waals surface area contributed by atoms with Gasteiger partial charge in [0.2, 0.25) is 17.8 Å². The van der Waals surface area contributed by atoms with Crippen LogP contribution < -0.4 is 10.2 Å². The van der Waals surface area contributed by atoms with Crippen LogP contribution in [0.1, 0.15) is 25.2 Å². The molecule has 1 aliphatic heterocycles. The molecule has 4 rings (SSSR count). The van der Waals surface area contributed by atoms with E-state index in [2.05, 4.69) is 77.3 Å². The molecule has 34 heavy (non-hydrogen) atoms. The summed E-state index contributed by atoms with van der Waals surface area (Å²) in [5.41, 5.74) is 4.19. The number of allylic oxidation sites excluding steroid dienone is 1. The van der Waals surface area contributed by atoms with E-state index in [0.29, 0.717) is 17.8 Å². The van der Waals surface area contributed by atoms with Crippen molar-refractivity contribution >= 4 is 23.5 Å². The fourth-order valence-electron chi connectivity index (χ4n) is 3.94. The molecule has 0 aliphatic carbocycles. The zero-order valence-electron chi connectivity index (χ0n) is 20.7. The number of benzene rings is 1. The average molecular weight is 460 g/mol. The summed E-state index contributed by atoms with van der Waals surface area (Å²) in [4.78, 5) is 29.6. The van der Waals surface area contributed by atoms with Crippen molar-refractivity contribution in [3.63, 3.8) is 0 Å². The Labute approximate surface area is 201 Å². The number of aromatic nitrogens is 5. The molecule has 2 aromatic heterocycles. The molecule has 1 saturated heterocycles. The highest BCUT2D eigenvalue weighted by molar-refractivity contribution is 5.68. The van der Waals surface area contributed by atoms with Crippen molar-refractivity contribution in [2.45, 2.75) is 20.3 Å². The van der Waals surface area contributed by atoms with E-state index in [1.807, 2.05) is 34.0 Å². The largest absolute Gasteiger partial charge is 0.377 e. The second-order valence-electron chi connectivity index (χ2n) is 8.56. The van der Waals surface area contributed by atoms with Crippen LogP contribution in [0.2, 0.25) is 0 Å². The Morgan fingerprint density at radius 3 is 2.35 bits per heavy atom. The predicted octanol–water partition coefficient (Wildman–Crippen LogP) is 3.31. The molecule has 178 valence electrons. The Balaban J connectivity index is 1.55. The Morgan fingerprint density at radius 2 is 1.71 bits per heavy atom. The van der Waals surface area contributed by atoms with Gasteiger partial charge in [-0.15, -0.1) is 0 Å². The molecule has 9 nitrogen and oxygen atoms in total. The van der Waals surface area contributed by atoms with Crippen LogP contribution in [0.3, 0.4) is 0 Å². The highest BCUT2D eigenvalue weighted by Gasteiger charge is 2.18. The molecular weight excluding hydrogens is 426 g/mol. The number of aryl methyl sites for hydroxylation is 1. The van der Waals surface area contributed by atoms with E-state index < -0.39 is 0 Å². The van der Waals surface area contributed by atoms with Crippen LogP contribution >= 0.6 is 0 Å². The lowest BCUT2D eigenvalue weighted by atomic mass is 10.1. The van der Waals surface area contributed by atoms with Gasteiger partial charge in [0.1, 0.15) is 5.82 Å². The molecule has 0 atom stereocenters. The van der Waals surface area contributed by atoms with Gasteiger partial charge in [-0.1, -0.05) is 37.3 Å². The first-order valence-corrected chi connectivity index (χ1v) is 11.7. The van der Waals surface area contributed by atoms with Crippen molar-refractivity contribution in [1.29, 1.82) is 0 Å². The summed E-state index contributed by atoms with van der Waals surface area (Å²) in [6.07, 6.45) is 4.59. The lowest BCUT2D eigenvalue weighted by Gasteiger charge is -2.32. The summed E-state index contributed by atoms with van der Waals surface area (Å²) in [5.74, 6) is 2.38. The third-order valence-electron chi connectivity index (χ3n) is 5.88. The van der Waals surface area contributed by atoms with Crippen LogP contribution in [-0.2, 0) is 6.42 Å². The maximum absolute atomic E-state index is 4.71. The molecule has 0 saturated carbocycles. The Hall–Kier alpha value is -3.59. The van der Waals surface area contributed by atoms with Crippen molar-refractivity contribution < 1.29 is 0 Å². The molecule has 9 heteroatoms. The smallest absolute Gasteiger partial charge is 0.234 e. The SMILES string of the molecule is CC=C(c1ccc(-c2ccnc(Nc3nc(CC)nc(N4CCN(C)CC4)n3)n2)cc1)N(C)C. The van der Waals surface area contributed by atoms with Gasteiger partial charge < -0.3 is 14.7 Å². The maximum Gasteiger partial charge on any atom is 0.234 e. The molecule has 0 amide bonds. The zero-order valence-corrected chi connectivity index (χ0v) is 20.7. The Morgan fingerprint density at radius 1 is 0.971 bits per heavy atom. The lowest BCUT2D eigenvalue weighted by Crippen LogP contribution is -2.45. The van der Waals surface area contributed by atoms with Crippen LogP contribution in [0, 0.1) is 0 Å². The molecule has 1 aliphatic rings. The highest BCUT2D eigenvalue weighted by Crippen LogP contribution is 2.23. The van der Waals surface area contributed by atoms with E-state index in [0.717, 1.165) is 55.2 Å². The van der Waals surface area contributed by atoms with E-state index in [1.54, 1.807) is 6.20 Å². The van der Waals surface area contributed by atoms with Gasteiger partial charge in [-0.25, -0.2) is 9.97 Å². The minimum Gasteiger partial charge on any atom is -0.377 e. The Kier molecular flexibility index (Phi) is 7.32. The summed E-state index contributed by atoms with van der Waals surface area (Å²) < 4.78 is 0. The van der Waals surface area contributed by atoms with E-state index in [4.69, 9.17) is 4.98 Å². The number of rotatable bonds is 7. The molecule has 0 bridgehead atoms. The summed E-state index contributed by atoms with van der Waals surface area (Å²) in [6, 6.07) is 10.3. The summed E-state index contributed by atoms with van der Waals surface area (Å²) in [5, 5.41) is 3.19. The van der Waals surface area contributed by atoms with Crippen LogP contribution in [0.15, 0.2) is 42.6 Å². The van der Waals surface area contributed by atoms with Gasteiger partial charge in [-0.3, -0.25) is 5.32 Å². The lowest BCUT2D eigenvalue weighted by molar-refractivity contribution is 0.311. The average Bonchev–Trinajstić information content (AvgIpc) is 2.85. The normalized spacial score (nSPS) is 14.9. The molecule has 3 aromatic rings. The van der Waals surface area contributed by atoms with E-state index in [-0.39, 0.29) is 0 Å². The standard InChI is InChI=1S/C25H33N9/c1-6-21(32(3)4)19-10-8-18(9-11-19)20-12-13-26-23(27-20)30-24-28-22(7-2)29-25(31-24)34-16-14-33(5)15-17-34/h6,8-13H,7,14-17H2,1-5H3,(H,26,27,28,29,30,31).